The van der Waals surface area contributed by atoms with E-state index in [1.807, 2.05) is 18.8 Å². The largest absolute Gasteiger partial charge is 0.316 e. The first kappa shape index (κ1) is 17.3. The van der Waals surface area contributed by atoms with Gasteiger partial charge in [-0.1, -0.05) is 20.8 Å². The zero-order valence-corrected chi connectivity index (χ0v) is 13.2. The molecule has 0 spiro atoms. The molecule has 1 atom stereocenters. The molecule has 0 saturated carbocycles. The minimum Gasteiger partial charge on any atom is -0.316 e. The molecule has 0 aliphatic heterocycles. The fraction of sp³-hybridized carbons (Fsp3) is 1.00. The molecule has 0 rings (SSSR count). The van der Waals surface area contributed by atoms with Gasteiger partial charge in [-0.25, -0.2) is 8.42 Å². The van der Waals surface area contributed by atoms with Gasteiger partial charge < -0.3 is 5.32 Å². The number of nitrogens with one attached hydrogen (secondary N) is 1. The van der Waals surface area contributed by atoms with Gasteiger partial charge in [-0.15, -0.1) is 0 Å². The fourth-order valence-corrected chi connectivity index (χ4v) is 3.57. The van der Waals surface area contributed by atoms with Crippen LogP contribution in [0.15, 0.2) is 0 Å². The molecule has 0 radical (unpaired) electrons. The number of rotatable bonds is 10. The molecule has 0 heterocycles. The lowest BCUT2D eigenvalue weighted by molar-refractivity contribution is 0.554. The minimum absolute atomic E-state index is 0.263. The van der Waals surface area contributed by atoms with Gasteiger partial charge in [-0.2, -0.15) is 11.8 Å². The summed E-state index contributed by atoms with van der Waals surface area (Å²) < 4.78 is 22.7. The summed E-state index contributed by atoms with van der Waals surface area (Å²) in [6, 6.07) is 0.436. The lowest BCUT2D eigenvalue weighted by atomic mass is 10.2. The van der Waals surface area contributed by atoms with E-state index < -0.39 is 9.84 Å². The monoisotopic (exact) mass is 281 g/mol. The van der Waals surface area contributed by atoms with Crippen molar-refractivity contribution >= 4 is 21.6 Å². The predicted molar refractivity (Wildman–Crippen MR) is 78.6 cm³/mol. The quantitative estimate of drug-likeness (QED) is 0.667. The SMILES string of the molecule is CCS(=O)(=O)CCCC(CSCC(C)C)NC. The van der Waals surface area contributed by atoms with Crippen LogP contribution < -0.4 is 5.32 Å². The Bertz CT molecular complexity index is 276. The van der Waals surface area contributed by atoms with E-state index in [2.05, 4.69) is 19.2 Å². The zero-order valence-electron chi connectivity index (χ0n) is 11.5. The van der Waals surface area contributed by atoms with Gasteiger partial charge in [0.25, 0.3) is 0 Å². The molecule has 0 fully saturated rings. The van der Waals surface area contributed by atoms with Crippen molar-refractivity contribution < 1.29 is 8.42 Å². The number of thioether (sulfide) groups is 1. The molecule has 5 heteroatoms. The summed E-state index contributed by atoms with van der Waals surface area (Å²) in [5.74, 6) is 3.56. The smallest absolute Gasteiger partial charge is 0.150 e. The molecule has 1 unspecified atom stereocenters. The van der Waals surface area contributed by atoms with E-state index in [0.717, 1.165) is 24.5 Å². The van der Waals surface area contributed by atoms with Crippen molar-refractivity contribution in [2.24, 2.45) is 5.92 Å². The Morgan fingerprint density at radius 2 is 1.88 bits per heavy atom. The fourth-order valence-electron chi connectivity index (χ4n) is 1.45. The third-order valence-electron chi connectivity index (χ3n) is 2.63. The summed E-state index contributed by atoms with van der Waals surface area (Å²) in [6.45, 7) is 6.15. The highest BCUT2D eigenvalue weighted by Gasteiger charge is 2.11. The van der Waals surface area contributed by atoms with Crippen LogP contribution in [0.1, 0.15) is 33.6 Å². The molecule has 0 aliphatic rings. The van der Waals surface area contributed by atoms with E-state index in [4.69, 9.17) is 0 Å². The van der Waals surface area contributed by atoms with Crippen LogP contribution in [-0.4, -0.2) is 44.5 Å². The topological polar surface area (TPSA) is 46.2 Å². The molecular weight excluding hydrogens is 254 g/mol. The Balaban J connectivity index is 3.75. The molecule has 104 valence electrons. The van der Waals surface area contributed by atoms with E-state index in [1.54, 1.807) is 6.92 Å². The Morgan fingerprint density at radius 1 is 1.24 bits per heavy atom. The summed E-state index contributed by atoms with van der Waals surface area (Å²) in [6.07, 6.45) is 1.71. The molecule has 17 heavy (non-hydrogen) atoms. The molecule has 0 saturated heterocycles. The summed E-state index contributed by atoms with van der Waals surface area (Å²) in [5, 5.41) is 3.26. The van der Waals surface area contributed by atoms with Crippen molar-refractivity contribution in [3.8, 4) is 0 Å². The van der Waals surface area contributed by atoms with Crippen LogP contribution in [0.4, 0.5) is 0 Å². The molecule has 0 aromatic carbocycles. The average Bonchev–Trinajstić information content (AvgIpc) is 2.26. The van der Waals surface area contributed by atoms with Crippen LogP contribution >= 0.6 is 11.8 Å². The molecule has 0 aromatic rings. The van der Waals surface area contributed by atoms with Crippen molar-refractivity contribution in [2.45, 2.75) is 39.7 Å². The highest BCUT2D eigenvalue weighted by molar-refractivity contribution is 7.99. The molecule has 0 aliphatic carbocycles. The third kappa shape index (κ3) is 9.92. The lowest BCUT2D eigenvalue weighted by Gasteiger charge is -2.16. The van der Waals surface area contributed by atoms with E-state index in [0.29, 0.717) is 11.8 Å². The highest BCUT2D eigenvalue weighted by Crippen LogP contribution is 2.12. The molecular formula is C12H27NO2S2. The van der Waals surface area contributed by atoms with Crippen molar-refractivity contribution in [2.75, 3.05) is 30.1 Å². The predicted octanol–water partition coefficient (Wildman–Crippen LogP) is 2.18. The van der Waals surface area contributed by atoms with Gasteiger partial charge >= 0.3 is 0 Å². The number of hydrogen-bond donors (Lipinski definition) is 1. The van der Waals surface area contributed by atoms with Gasteiger partial charge in [0.2, 0.25) is 0 Å². The van der Waals surface area contributed by atoms with Crippen molar-refractivity contribution in [3.05, 3.63) is 0 Å². The van der Waals surface area contributed by atoms with Gasteiger partial charge in [0.15, 0.2) is 0 Å². The zero-order chi connectivity index (χ0) is 13.3. The summed E-state index contributed by atoms with van der Waals surface area (Å²) in [5.41, 5.74) is 0. The third-order valence-corrected chi connectivity index (χ3v) is 5.96. The van der Waals surface area contributed by atoms with Gasteiger partial charge in [-0.05, 0) is 31.6 Å². The second-order valence-electron chi connectivity index (χ2n) is 4.80. The first-order chi connectivity index (χ1) is 7.91. The number of hydrogen-bond acceptors (Lipinski definition) is 4. The van der Waals surface area contributed by atoms with Gasteiger partial charge in [0.05, 0.1) is 5.75 Å². The maximum Gasteiger partial charge on any atom is 0.150 e. The van der Waals surface area contributed by atoms with E-state index >= 15 is 0 Å². The van der Waals surface area contributed by atoms with Crippen molar-refractivity contribution in [1.29, 1.82) is 0 Å². The summed E-state index contributed by atoms with van der Waals surface area (Å²) in [4.78, 5) is 0. The second kappa shape index (κ2) is 9.22. The molecule has 0 amide bonds. The van der Waals surface area contributed by atoms with E-state index in [9.17, 15) is 8.42 Å². The first-order valence-corrected chi connectivity index (χ1v) is 9.34. The van der Waals surface area contributed by atoms with Crippen LogP contribution in [0, 0.1) is 5.92 Å². The van der Waals surface area contributed by atoms with Crippen LogP contribution in [0.3, 0.4) is 0 Å². The Kier molecular flexibility index (Phi) is 9.37. The van der Waals surface area contributed by atoms with Gasteiger partial charge in [-0.3, -0.25) is 0 Å². The van der Waals surface area contributed by atoms with Crippen molar-refractivity contribution in [1.82, 2.24) is 5.32 Å². The highest BCUT2D eigenvalue weighted by atomic mass is 32.2. The molecule has 0 aromatic heterocycles. The van der Waals surface area contributed by atoms with Crippen LogP contribution in [0.2, 0.25) is 0 Å². The molecule has 1 N–H and O–H groups in total. The summed E-state index contributed by atoms with van der Waals surface area (Å²) >= 11 is 1.95. The lowest BCUT2D eigenvalue weighted by Crippen LogP contribution is -2.28. The molecule has 0 bridgehead atoms. The van der Waals surface area contributed by atoms with Gasteiger partial charge in [0, 0.05) is 17.5 Å². The van der Waals surface area contributed by atoms with Crippen LogP contribution in [0.25, 0.3) is 0 Å². The average molecular weight is 281 g/mol. The van der Waals surface area contributed by atoms with Crippen LogP contribution in [-0.2, 0) is 9.84 Å². The van der Waals surface area contributed by atoms with Crippen molar-refractivity contribution in [3.63, 3.8) is 0 Å². The Labute approximate surface area is 111 Å². The second-order valence-corrected chi connectivity index (χ2v) is 8.34. The minimum atomic E-state index is -2.79. The summed E-state index contributed by atoms with van der Waals surface area (Å²) in [7, 11) is -0.839. The molecule has 3 nitrogen and oxygen atoms in total. The van der Waals surface area contributed by atoms with E-state index in [1.165, 1.54) is 5.75 Å². The van der Waals surface area contributed by atoms with Gasteiger partial charge in [0.1, 0.15) is 9.84 Å². The Morgan fingerprint density at radius 3 is 2.35 bits per heavy atom. The first-order valence-electron chi connectivity index (χ1n) is 6.36. The van der Waals surface area contributed by atoms with Crippen LogP contribution in [0.5, 0.6) is 0 Å². The van der Waals surface area contributed by atoms with E-state index in [-0.39, 0.29) is 5.75 Å². The standard InChI is InChI=1S/C12H27NO2S2/c1-5-17(14,15)8-6-7-12(13-4)10-16-9-11(2)3/h11-13H,5-10H2,1-4H3. The maximum absolute atomic E-state index is 11.3. The normalized spacial score (nSPS) is 14.2. The number of sulfone groups is 1. The maximum atomic E-state index is 11.3. The Hall–Kier alpha value is 0.260.